The van der Waals surface area contributed by atoms with Gasteiger partial charge in [-0.05, 0) is 18.6 Å². The first-order valence-corrected chi connectivity index (χ1v) is 7.25. The Morgan fingerprint density at radius 3 is 2.47 bits per heavy atom. The maximum atomic E-state index is 14.0. The van der Waals surface area contributed by atoms with E-state index in [1.807, 2.05) is 11.8 Å². The molecule has 5 heteroatoms. The molecule has 1 fully saturated rings. The Morgan fingerprint density at radius 2 is 1.89 bits per heavy atom. The van der Waals surface area contributed by atoms with Crippen molar-refractivity contribution in [3.63, 3.8) is 0 Å². The highest BCUT2D eigenvalue weighted by atomic mass is 32.2. The van der Waals surface area contributed by atoms with Gasteiger partial charge in [-0.3, -0.25) is 4.79 Å². The SMILES string of the molecule is CC1(C)CCN(c2c(F)cc(C=O)cc2F)CCS1. The van der Waals surface area contributed by atoms with Crippen LogP contribution < -0.4 is 4.90 Å². The Morgan fingerprint density at radius 1 is 1.26 bits per heavy atom. The van der Waals surface area contributed by atoms with Gasteiger partial charge in [0.2, 0.25) is 0 Å². The van der Waals surface area contributed by atoms with E-state index in [-0.39, 0.29) is 16.0 Å². The summed E-state index contributed by atoms with van der Waals surface area (Å²) in [6, 6.07) is 2.18. The fraction of sp³-hybridized carbons (Fsp3) is 0.500. The number of carbonyl (C=O) groups excluding carboxylic acids is 1. The van der Waals surface area contributed by atoms with Gasteiger partial charge < -0.3 is 4.90 Å². The summed E-state index contributed by atoms with van der Waals surface area (Å²) in [5.41, 5.74) is 0.0205. The van der Waals surface area contributed by atoms with E-state index in [1.165, 1.54) is 0 Å². The van der Waals surface area contributed by atoms with Gasteiger partial charge in [0, 0.05) is 29.2 Å². The van der Waals surface area contributed by atoms with Gasteiger partial charge >= 0.3 is 0 Å². The van der Waals surface area contributed by atoms with Gasteiger partial charge in [-0.15, -0.1) is 0 Å². The normalized spacial score (nSPS) is 19.1. The van der Waals surface area contributed by atoms with E-state index >= 15 is 0 Å². The average molecular weight is 285 g/mol. The maximum absolute atomic E-state index is 14.0. The monoisotopic (exact) mass is 285 g/mol. The molecule has 0 N–H and O–H groups in total. The number of rotatable bonds is 2. The lowest BCUT2D eigenvalue weighted by molar-refractivity contribution is 0.112. The summed E-state index contributed by atoms with van der Waals surface area (Å²) in [6.45, 7) is 5.52. The first-order chi connectivity index (χ1) is 8.93. The number of hydrogen-bond donors (Lipinski definition) is 0. The quantitative estimate of drug-likeness (QED) is 0.776. The van der Waals surface area contributed by atoms with E-state index in [0.29, 0.717) is 19.4 Å². The highest BCUT2D eigenvalue weighted by Gasteiger charge is 2.26. The van der Waals surface area contributed by atoms with Gasteiger partial charge in [-0.2, -0.15) is 11.8 Å². The molecule has 1 heterocycles. The van der Waals surface area contributed by atoms with E-state index in [4.69, 9.17) is 0 Å². The molecule has 0 atom stereocenters. The highest BCUT2D eigenvalue weighted by molar-refractivity contribution is 8.00. The van der Waals surface area contributed by atoms with Crippen molar-refractivity contribution in [3.8, 4) is 0 Å². The predicted octanol–water partition coefficient (Wildman–Crippen LogP) is 3.50. The van der Waals surface area contributed by atoms with Crippen molar-refractivity contribution in [2.45, 2.75) is 25.0 Å². The first-order valence-electron chi connectivity index (χ1n) is 6.26. The molecule has 0 bridgehead atoms. The third kappa shape index (κ3) is 3.26. The lowest BCUT2D eigenvalue weighted by Gasteiger charge is -2.25. The second-order valence-corrected chi connectivity index (χ2v) is 7.10. The number of carbonyl (C=O) groups is 1. The van der Waals surface area contributed by atoms with Crippen LogP contribution in [0.4, 0.5) is 14.5 Å². The second-order valence-electron chi connectivity index (χ2n) is 5.30. The van der Waals surface area contributed by atoms with Gasteiger partial charge in [-0.25, -0.2) is 8.78 Å². The number of benzene rings is 1. The van der Waals surface area contributed by atoms with Crippen LogP contribution in [0.5, 0.6) is 0 Å². The Hall–Kier alpha value is -1.10. The summed E-state index contributed by atoms with van der Waals surface area (Å²) < 4.78 is 28.1. The largest absolute Gasteiger partial charge is 0.366 e. The summed E-state index contributed by atoms with van der Waals surface area (Å²) in [4.78, 5) is 12.3. The molecule has 1 saturated heterocycles. The molecule has 1 aliphatic heterocycles. The summed E-state index contributed by atoms with van der Waals surface area (Å²) in [5.74, 6) is -0.486. The molecule has 19 heavy (non-hydrogen) atoms. The van der Waals surface area contributed by atoms with Crippen LogP contribution >= 0.6 is 11.8 Å². The van der Waals surface area contributed by atoms with Gasteiger partial charge in [0.15, 0.2) is 0 Å². The zero-order valence-corrected chi connectivity index (χ0v) is 11.9. The number of hydrogen-bond acceptors (Lipinski definition) is 3. The fourth-order valence-electron chi connectivity index (χ4n) is 2.20. The molecule has 0 unspecified atom stereocenters. The number of nitrogens with zero attached hydrogens (tertiary/aromatic N) is 1. The summed E-state index contributed by atoms with van der Waals surface area (Å²) in [5, 5.41) is 0. The van der Waals surface area contributed by atoms with Crippen LogP contribution in [0.3, 0.4) is 0 Å². The van der Waals surface area contributed by atoms with Crippen LogP contribution in [0.2, 0.25) is 0 Å². The number of anilines is 1. The topological polar surface area (TPSA) is 20.3 Å². The number of thioether (sulfide) groups is 1. The van der Waals surface area contributed by atoms with Gasteiger partial charge in [0.1, 0.15) is 23.6 Å². The van der Waals surface area contributed by atoms with Crippen LogP contribution in [0.15, 0.2) is 12.1 Å². The molecule has 0 amide bonds. The molecular weight excluding hydrogens is 268 g/mol. The number of halogens is 2. The van der Waals surface area contributed by atoms with Crippen molar-refractivity contribution in [2.75, 3.05) is 23.7 Å². The molecule has 2 rings (SSSR count). The Balaban J connectivity index is 2.29. The summed E-state index contributed by atoms with van der Waals surface area (Å²) in [7, 11) is 0. The van der Waals surface area contributed by atoms with E-state index in [0.717, 1.165) is 24.3 Å². The highest BCUT2D eigenvalue weighted by Crippen LogP contribution is 2.34. The lowest BCUT2D eigenvalue weighted by atomic mass is 10.1. The van der Waals surface area contributed by atoms with Crippen molar-refractivity contribution >= 4 is 23.7 Å². The van der Waals surface area contributed by atoms with Gasteiger partial charge in [0.25, 0.3) is 0 Å². The Bertz CT molecular complexity index is 467. The Labute approximate surface area is 116 Å². The van der Waals surface area contributed by atoms with E-state index < -0.39 is 11.6 Å². The molecule has 0 radical (unpaired) electrons. The first kappa shape index (κ1) is 14.3. The fourth-order valence-corrected chi connectivity index (χ4v) is 3.30. The molecule has 0 saturated carbocycles. The Kier molecular flexibility index (Phi) is 4.13. The lowest BCUT2D eigenvalue weighted by Crippen LogP contribution is -2.28. The van der Waals surface area contributed by atoms with Crippen LogP contribution in [0.1, 0.15) is 30.6 Å². The van der Waals surface area contributed by atoms with E-state index in [1.54, 1.807) is 4.90 Å². The minimum atomic E-state index is -0.660. The van der Waals surface area contributed by atoms with Gasteiger partial charge in [0.05, 0.1) is 0 Å². The van der Waals surface area contributed by atoms with Crippen molar-refractivity contribution in [2.24, 2.45) is 0 Å². The number of aldehydes is 1. The molecule has 1 aliphatic rings. The van der Waals surface area contributed by atoms with Crippen molar-refractivity contribution in [1.29, 1.82) is 0 Å². The molecule has 2 nitrogen and oxygen atoms in total. The minimum Gasteiger partial charge on any atom is -0.366 e. The van der Waals surface area contributed by atoms with E-state index in [2.05, 4.69) is 13.8 Å². The molecule has 1 aromatic carbocycles. The molecule has 0 aliphatic carbocycles. The standard InChI is InChI=1S/C14H17F2NOS/c1-14(2)3-4-17(5-6-19-14)13-11(15)7-10(9-18)8-12(13)16/h7-9H,3-6H2,1-2H3. The average Bonchev–Trinajstić information content (AvgIpc) is 2.50. The molecule has 0 spiro atoms. The van der Waals surface area contributed by atoms with Crippen LogP contribution in [-0.2, 0) is 0 Å². The zero-order valence-electron chi connectivity index (χ0n) is 11.1. The summed E-state index contributed by atoms with van der Waals surface area (Å²) >= 11 is 1.82. The van der Waals surface area contributed by atoms with E-state index in [9.17, 15) is 13.6 Å². The third-order valence-corrected chi connectivity index (χ3v) is 4.70. The van der Waals surface area contributed by atoms with Crippen LogP contribution in [0.25, 0.3) is 0 Å². The molecular formula is C14H17F2NOS. The minimum absolute atomic E-state index is 0.0103. The van der Waals surface area contributed by atoms with Crippen molar-refractivity contribution in [1.82, 2.24) is 0 Å². The van der Waals surface area contributed by atoms with Crippen LogP contribution in [-0.4, -0.2) is 29.9 Å². The molecule has 104 valence electrons. The zero-order chi connectivity index (χ0) is 14.0. The third-order valence-electron chi connectivity index (χ3n) is 3.33. The second kappa shape index (κ2) is 5.49. The maximum Gasteiger partial charge on any atom is 0.150 e. The molecule has 0 aromatic heterocycles. The smallest absolute Gasteiger partial charge is 0.150 e. The molecule has 1 aromatic rings. The van der Waals surface area contributed by atoms with Gasteiger partial charge in [-0.1, -0.05) is 13.8 Å². The predicted molar refractivity (Wildman–Crippen MR) is 75.1 cm³/mol. The summed E-state index contributed by atoms with van der Waals surface area (Å²) in [6.07, 6.45) is 1.32. The van der Waals surface area contributed by atoms with Crippen LogP contribution in [0, 0.1) is 11.6 Å². The van der Waals surface area contributed by atoms with Crippen molar-refractivity contribution < 1.29 is 13.6 Å². The van der Waals surface area contributed by atoms with Crippen molar-refractivity contribution in [3.05, 3.63) is 29.3 Å².